The molecule has 0 aliphatic heterocycles. The number of nitrogens with one attached hydrogen (secondary N) is 2. The number of hydrogen-bond donors (Lipinski definition) is 4. The number of rotatable bonds is 4. The van der Waals surface area contributed by atoms with E-state index in [4.69, 9.17) is 11.5 Å². The Morgan fingerprint density at radius 2 is 1.94 bits per heavy atom. The molecule has 180 valence electrons. The van der Waals surface area contributed by atoms with E-state index >= 15 is 0 Å². The van der Waals surface area contributed by atoms with Gasteiger partial charge < -0.3 is 16.8 Å². The van der Waals surface area contributed by atoms with Crippen molar-refractivity contribution in [3.63, 3.8) is 0 Å². The Morgan fingerprint density at radius 3 is 2.56 bits per heavy atom. The van der Waals surface area contributed by atoms with E-state index in [1.54, 1.807) is 26.2 Å². The molecule has 34 heavy (non-hydrogen) atoms. The van der Waals surface area contributed by atoms with E-state index in [9.17, 15) is 14.1 Å². The Labute approximate surface area is 195 Å². The van der Waals surface area contributed by atoms with E-state index in [1.165, 1.54) is 53.7 Å². The van der Waals surface area contributed by atoms with E-state index in [2.05, 4.69) is 20.3 Å². The van der Waals surface area contributed by atoms with Crippen LogP contribution in [0.25, 0.3) is 16.6 Å². The Kier molecular flexibility index (Phi) is 7.96. The summed E-state index contributed by atoms with van der Waals surface area (Å²) in [5.41, 5.74) is 12.9. The molecule has 0 radical (unpaired) electrons. The highest BCUT2D eigenvalue weighted by atomic mass is 19.2. The van der Waals surface area contributed by atoms with Crippen LogP contribution in [-0.2, 0) is 7.05 Å². The molecule has 3 aromatic heterocycles. The summed E-state index contributed by atoms with van der Waals surface area (Å²) >= 11 is 0. The molecule has 11 nitrogen and oxygen atoms in total. The third kappa shape index (κ3) is 5.77. The third-order valence-electron chi connectivity index (χ3n) is 5.27. The maximum atomic E-state index is 12.4. The lowest BCUT2D eigenvalue weighted by molar-refractivity contribution is 0.611. The molecule has 0 atom stereocenters. The second kappa shape index (κ2) is 11.1. The topological polar surface area (TPSA) is 158 Å². The van der Waals surface area contributed by atoms with Crippen molar-refractivity contribution < 1.29 is 4.48 Å². The summed E-state index contributed by atoms with van der Waals surface area (Å²) in [5, 5.41) is 3.16. The summed E-state index contributed by atoms with van der Waals surface area (Å²) in [6, 6.07) is 4.77. The number of allylic oxidation sites excluding steroid dienone is 1. The van der Waals surface area contributed by atoms with Gasteiger partial charge in [-0.3, -0.25) is 14.3 Å². The van der Waals surface area contributed by atoms with Crippen LogP contribution >= 0.6 is 0 Å². The van der Waals surface area contributed by atoms with Crippen molar-refractivity contribution >= 4 is 22.7 Å². The zero-order chi connectivity index (χ0) is 24.7. The number of aromatic nitrogens is 4. The summed E-state index contributed by atoms with van der Waals surface area (Å²) < 4.78 is 14.6. The molecular weight excluding hydrogens is 441 g/mol. The predicted molar refractivity (Wildman–Crippen MR) is 130 cm³/mol. The smallest absolute Gasteiger partial charge is 0.335 e. The Bertz CT molecular complexity index is 1300. The summed E-state index contributed by atoms with van der Waals surface area (Å²) in [6.45, 7) is 1.80. The number of guanidine groups is 1. The minimum absolute atomic E-state index is 0.00826. The normalized spacial score (nSPS) is 14.6. The van der Waals surface area contributed by atoms with Crippen molar-refractivity contribution in [2.75, 3.05) is 5.54 Å². The van der Waals surface area contributed by atoms with Gasteiger partial charge in [-0.1, -0.05) is 12.8 Å². The summed E-state index contributed by atoms with van der Waals surface area (Å²) in [5.74, 6) is 0.461. The number of aliphatic imine (C=N–C) groups is 1. The molecule has 0 bridgehead atoms. The second-order valence-electron chi connectivity index (χ2n) is 7.86. The van der Waals surface area contributed by atoms with E-state index in [1.807, 2.05) is 0 Å². The molecule has 0 saturated heterocycles. The first-order chi connectivity index (χ1) is 16.3. The van der Waals surface area contributed by atoms with Crippen LogP contribution in [0.1, 0.15) is 32.6 Å². The standard InChI is InChI=1S/C13H10FN5O2.C9H18N4/c1-18-10-4-5-15-7-9(10)12(20)19(13(18)21)8-2-3-11(17-14)16-6-8;1-7(10)6-12-9(11)13-8-4-2-3-5-8/h2-7H,1H3,(H,16,17);6,8H,2-5,10H2,1H3,(H3,11,12,13)/b;7-6-. The molecule has 0 aromatic carbocycles. The average molecular weight is 470 g/mol. The minimum atomic E-state index is -0.513. The number of fused-ring (bicyclic) bond motifs is 1. The number of nitrogens with zero attached hydrogens (tertiary/aromatic N) is 5. The zero-order valence-electron chi connectivity index (χ0n) is 19.0. The van der Waals surface area contributed by atoms with E-state index in [0.29, 0.717) is 28.6 Å². The fourth-order valence-electron chi connectivity index (χ4n) is 3.56. The first kappa shape index (κ1) is 24.4. The fourth-order valence-corrected chi connectivity index (χ4v) is 3.56. The number of aryl methyl sites for hydroxylation is 1. The van der Waals surface area contributed by atoms with Crippen LogP contribution in [-0.4, -0.2) is 31.1 Å². The van der Waals surface area contributed by atoms with Crippen LogP contribution in [0.3, 0.4) is 0 Å². The van der Waals surface area contributed by atoms with Crippen LogP contribution in [0.5, 0.6) is 0 Å². The number of hydrogen-bond acceptors (Lipinski definition) is 7. The predicted octanol–water partition coefficient (Wildman–Crippen LogP) is 1.43. The number of nitrogens with two attached hydrogens (primary N) is 2. The lowest BCUT2D eigenvalue weighted by atomic mass is 10.3. The lowest BCUT2D eigenvalue weighted by Gasteiger charge is -2.10. The van der Waals surface area contributed by atoms with Gasteiger partial charge in [0.25, 0.3) is 5.56 Å². The Balaban J connectivity index is 0.000000215. The average Bonchev–Trinajstić information content (AvgIpc) is 3.35. The van der Waals surface area contributed by atoms with Gasteiger partial charge in [-0.15, -0.1) is 4.48 Å². The highest BCUT2D eigenvalue weighted by Gasteiger charge is 2.14. The first-order valence-corrected chi connectivity index (χ1v) is 10.7. The maximum absolute atomic E-state index is 12.4. The largest absolute Gasteiger partial charge is 0.401 e. The molecule has 1 fully saturated rings. The summed E-state index contributed by atoms with van der Waals surface area (Å²) in [4.78, 5) is 36.8. The van der Waals surface area contributed by atoms with Gasteiger partial charge in [0.1, 0.15) is 0 Å². The molecule has 0 amide bonds. The summed E-state index contributed by atoms with van der Waals surface area (Å²) in [7, 11) is 1.56. The third-order valence-corrected chi connectivity index (χ3v) is 5.27. The molecule has 1 aliphatic rings. The molecule has 3 aromatic rings. The minimum Gasteiger partial charge on any atom is -0.401 e. The van der Waals surface area contributed by atoms with E-state index < -0.39 is 11.2 Å². The van der Waals surface area contributed by atoms with Gasteiger partial charge in [-0.25, -0.2) is 24.9 Å². The molecule has 0 spiro atoms. The van der Waals surface area contributed by atoms with Crippen molar-refractivity contribution in [1.82, 2.24) is 24.4 Å². The highest BCUT2D eigenvalue weighted by molar-refractivity contribution is 5.79. The van der Waals surface area contributed by atoms with Crippen LogP contribution in [0.2, 0.25) is 0 Å². The molecule has 4 rings (SSSR count). The molecular formula is C22H28FN9O2. The molecule has 6 N–H and O–H groups in total. The molecule has 12 heteroatoms. The summed E-state index contributed by atoms with van der Waals surface area (Å²) in [6.07, 6.45) is 10.7. The van der Waals surface area contributed by atoms with Crippen molar-refractivity contribution in [2.45, 2.75) is 38.6 Å². The Morgan fingerprint density at radius 1 is 1.21 bits per heavy atom. The van der Waals surface area contributed by atoms with Gasteiger partial charge in [-0.2, -0.15) is 0 Å². The molecule has 3 heterocycles. The van der Waals surface area contributed by atoms with Gasteiger partial charge in [0, 0.05) is 31.3 Å². The van der Waals surface area contributed by atoms with Crippen LogP contribution in [0.15, 0.2) is 63.3 Å². The monoisotopic (exact) mass is 469 g/mol. The lowest BCUT2D eigenvalue weighted by Crippen LogP contribution is -2.38. The van der Waals surface area contributed by atoms with Crippen LogP contribution < -0.4 is 33.6 Å². The SMILES string of the molecule is C/C(N)=C/NC(N)=NC1CCCC1.Cn1c(=O)n(-c2ccc(NF)nc2)c(=O)c2cnccc21. The number of anilines is 1. The highest BCUT2D eigenvalue weighted by Crippen LogP contribution is 2.20. The maximum Gasteiger partial charge on any atom is 0.335 e. The van der Waals surface area contributed by atoms with Crippen molar-refractivity contribution in [1.29, 1.82) is 0 Å². The van der Waals surface area contributed by atoms with E-state index in [0.717, 1.165) is 17.4 Å². The van der Waals surface area contributed by atoms with Gasteiger partial charge in [-0.05, 0) is 38.0 Å². The van der Waals surface area contributed by atoms with Gasteiger partial charge >= 0.3 is 5.69 Å². The molecule has 1 aliphatic carbocycles. The van der Waals surface area contributed by atoms with Gasteiger partial charge in [0.05, 0.1) is 28.8 Å². The fraction of sp³-hybridized carbons (Fsp3) is 0.318. The molecule has 0 unspecified atom stereocenters. The molecule has 1 saturated carbocycles. The quantitative estimate of drug-likeness (QED) is 0.254. The van der Waals surface area contributed by atoms with Gasteiger partial charge in [0.2, 0.25) is 0 Å². The van der Waals surface area contributed by atoms with Crippen molar-refractivity contribution in [3.05, 3.63) is 69.5 Å². The number of halogens is 1. The number of pyridine rings is 2. The van der Waals surface area contributed by atoms with Crippen molar-refractivity contribution in [3.8, 4) is 5.69 Å². The van der Waals surface area contributed by atoms with Gasteiger partial charge in [0.15, 0.2) is 11.8 Å². The van der Waals surface area contributed by atoms with E-state index in [-0.39, 0.29) is 11.5 Å². The zero-order valence-corrected chi connectivity index (χ0v) is 19.0. The van der Waals surface area contributed by atoms with Crippen LogP contribution in [0, 0.1) is 0 Å². The first-order valence-electron chi connectivity index (χ1n) is 10.7. The second-order valence-corrected chi connectivity index (χ2v) is 7.86. The van der Waals surface area contributed by atoms with Crippen molar-refractivity contribution in [2.24, 2.45) is 23.5 Å². The Hall–Kier alpha value is -4.22. The van der Waals surface area contributed by atoms with Crippen LogP contribution in [0.4, 0.5) is 10.3 Å².